The first-order valence-corrected chi connectivity index (χ1v) is 6.68. The fourth-order valence-corrected chi connectivity index (χ4v) is 2.46. The van der Waals surface area contributed by atoms with E-state index in [1.54, 1.807) is 24.1 Å². The predicted molar refractivity (Wildman–Crippen MR) is 73.4 cm³/mol. The Morgan fingerprint density at radius 2 is 2.05 bits per heavy atom. The minimum absolute atomic E-state index is 0.0184. The van der Waals surface area contributed by atoms with Crippen molar-refractivity contribution >= 4 is 5.91 Å². The van der Waals surface area contributed by atoms with Crippen molar-refractivity contribution in [2.45, 2.75) is 31.8 Å². The van der Waals surface area contributed by atoms with Gasteiger partial charge in [0.1, 0.15) is 5.75 Å². The van der Waals surface area contributed by atoms with Crippen LogP contribution in [-0.4, -0.2) is 41.7 Å². The molecule has 1 amide bonds. The lowest BCUT2D eigenvalue weighted by molar-refractivity contribution is 0.0437. The largest absolute Gasteiger partial charge is 0.496 e. The van der Waals surface area contributed by atoms with E-state index in [4.69, 9.17) is 4.74 Å². The van der Waals surface area contributed by atoms with Gasteiger partial charge in [-0.15, -0.1) is 0 Å². The van der Waals surface area contributed by atoms with Crippen molar-refractivity contribution in [3.63, 3.8) is 0 Å². The molecule has 1 N–H and O–H groups in total. The minimum atomic E-state index is -0.657. The molecule has 4 nitrogen and oxygen atoms in total. The number of benzene rings is 1. The van der Waals surface area contributed by atoms with Crippen molar-refractivity contribution < 1.29 is 14.6 Å². The summed E-state index contributed by atoms with van der Waals surface area (Å²) in [5.41, 5.74) is -0.0675. The van der Waals surface area contributed by atoms with Crippen LogP contribution in [-0.2, 0) is 0 Å². The lowest BCUT2D eigenvalue weighted by Crippen LogP contribution is -2.33. The zero-order valence-corrected chi connectivity index (χ0v) is 11.6. The van der Waals surface area contributed by atoms with E-state index in [9.17, 15) is 9.90 Å². The fourth-order valence-electron chi connectivity index (χ4n) is 2.46. The molecule has 1 atom stereocenters. The van der Waals surface area contributed by atoms with Gasteiger partial charge < -0.3 is 14.7 Å². The van der Waals surface area contributed by atoms with Gasteiger partial charge in [-0.3, -0.25) is 4.79 Å². The average Bonchev–Trinajstić information content (AvgIpc) is 2.59. The standard InChI is InChI=1S/C15H21NO3/c1-15(18)8-5-10-16(11-9-15)14(17)12-6-3-4-7-13(12)19-2/h3-4,6-7,18H,5,8-11H2,1-2H3. The van der Waals surface area contributed by atoms with E-state index >= 15 is 0 Å². The van der Waals surface area contributed by atoms with E-state index < -0.39 is 5.60 Å². The topological polar surface area (TPSA) is 49.8 Å². The SMILES string of the molecule is COc1ccccc1C(=O)N1CCCC(C)(O)CC1. The van der Waals surface area contributed by atoms with Crippen LogP contribution in [0.3, 0.4) is 0 Å². The molecule has 2 rings (SSSR count). The maximum absolute atomic E-state index is 12.5. The quantitative estimate of drug-likeness (QED) is 0.888. The monoisotopic (exact) mass is 263 g/mol. The molecule has 1 heterocycles. The number of carbonyl (C=O) groups excluding carboxylic acids is 1. The van der Waals surface area contributed by atoms with Crippen molar-refractivity contribution in [3.05, 3.63) is 29.8 Å². The highest BCUT2D eigenvalue weighted by Crippen LogP contribution is 2.24. The number of carbonyl (C=O) groups is 1. The Balaban J connectivity index is 2.15. The third-order valence-electron chi connectivity index (χ3n) is 3.69. The first kappa shape index (κ1) is 13.9. The number of nitrogens with zero attached hydrogens (tertiary/aromatic N) is 1. The van der Waals surface area contributed by atoms with Crippen LogP contribution >= 0.6 is 0 Å². The Morgan fingerprint density at radius 1 is 1.32 bits per heavy atom. The first-order chi connectivity index (χ1) is 9.03. The Hall–Kier alpha value is -1.55. The predicted octanol–water partition coefficient (Wildman–Crippen LogP) is 2.07. The summed E-state index contributed by atoms with van der Waals surface area (Å²) in [6, 6.07) is 7.26. The Labute approximate surface area is 114 Å². The third kappa shape index (κ3) is 3.26. The van der Waals surface area contributed by atoms with Gasteiger partial charge in [0.2, 0.25) is 0 Å². The molecule has 1 saturated heterocycles. The van der Waals surface area contributed by atoms with Gasteiger partial charge in [-0.2, -0.15) is 0 Å². The molecular formula is C15H21NO3. The highest BCUT2D eigenvalue weighted by Gasteiger charge is 2.28. The minimum Gasteiger partial charge on any atom is -0.496 e. The summed E-state index contributed by atoms with van der Waals surface area (Å²) in [7, 11) is 1.57. The molecule has 104 valence electrons. The molecule has 0 saturated carbocycles. The van der Waals surface area contributed by atoms with Gasteiger partial charge in [0.05, 0.1) is 18.3 Å². The highest BCUT2D eigenvalue weighted by atomic mass is 16.5. The van der Waals surface area contributed by atoms with Gasteiger partial charge in [0, 0.05) is 13.1 Å². The molecule has 0 spiro atoms. The molecular weight excluding hydrogens is 242 g/mol. The van der Waals surface area contributed by atoms with Crippen LogP contribution in [0.25, 0.3) is 0 Å². The summed E-state index contributed by atoms with van der Waals surface area (Å²) < 4.78 is 5.23. The number of rotatable bonds is 2. The summed E-state index contributed by atoms with van der Waals surface area (Å²) >= 11 is 0. The molecule has 0 aromatic heterocycles. The van der Waals surface area contributed by atoms with Crippen molar-refractivity contribution in [3.8, 4) is 5.75 Å². The molecule has 0 aliphatic carbocycles. The molecule has 1 aromatic rings. The Kier molecular flexibility index (Phi) is 4.10. The molecule has 1 unspecified atom stereocenters. The number of likely N-dealkylation sites (tertiary alicyclic amines) is 1. The molecule has 1 fully saturated rings. The zero-order chi connectivity index (χ0) is 13.9. The van der Waals surface area contributed by atoms with Crippen LogP contribution in [0.4, 0.5) is 0 Å². The first-order valence-electron chi connectivity index (χ1n) is 6.68. The summed E-state index contributed by atoms with van der Waals surface area (Å²) in [5, 5.41) is 10.1. The van der Waals surface area contributed by atoms with E-state index in [1.165, 1.54) is 0 Å². The van der Waals surface area contributed by atoms with E-state index in [-0.39, 0.29) is 5.91 Å². The Morgan fingerprint density at radius 3 is 2.79 bits per heavy atom. The number of amides is 1. The molecule has 4 heteroatoms. The van der Waals surface area contributed by atoms with Gasteiger partial charge in [-0.05, 0) is 38.3 Å². The number of para-hydroxylation sites is 1. The van der Waals surface area contributed by atoms with Crippen LogP contribution in [0.1, 0.15) is 36.5 Å². The van der Waals surface area contributed by atoms with Gasteiger partial charge in [0.15, 0.2) is 0 Å². The molecule has 1 aliphatic heterocycles. The van der Waals surface area contributed by atoms with Crippen LogP contribution < -0.4 is 4.74 Å². The molecule has 1 aromatic carbocycles. The van der Waals surface area contributed by atoms with Crippen LogP contribution in [0.2, 0.25) is 0 Å². The molecule has 0 radical (unpaired) electrons. The van der Waals surface area contributed by atoms with Crippen LogP contribution in [0.5, 0.6) is 5.75 Å². The zero-order valence-electron chi connectivity index (χ0n) is 11.6. The number of hydrogen-bond donors (Lipinski definition) is 1. The molecule has 19 heavy (non-hydrogen) atoms. The number of methoxy groups -OCH3 is 1. The Bertz CT molecular complexity index is 456. The number of aliphatic hydroxyl groups is 1. The third-order valence-corrected chi connectivity index (χ3v) is 3.69. The second-order valence-corrected chi connectivity index (χ2v) is 5.34. The molecule has 0 bridgehead atoms. The van der Waals surface area contributed by atoms with Gasteiger partial charge in [-0.1, -0.05) is 12.1 Å². The van der Waals surface area contributed by atoms with Crippen LogP contribution in [0.15, 0.2) is 24.3 Å². The number of ether oxygens (including phenoxy) is 1. The maximum atomic E-state index is 12.5. The van der Waals surface area contributed by atoms with E-state index in [1.807, 2.05) is 19.1 Å². The van der Waals surface area contributed by atoms with Crippen LogP contribution in [0, 0.1) is 0 Å². The summed E-state index contributed by atoms with van der Waals surface area (Å²) in [5.74, 6) is 0.582. The average molecular weight is 263 g/mol. The van der Waals surface area contributed by atoms with Crippen molar-refractivity contribution in [1.82, 2.24) is 4.90 Å². The van der Waals surface area contributed by atoms with Gasteiger partial charge in [0.25, 0.3) is 5.91 Å². The van der Waals surface area contributed by atoms with Crippen molar-refractivity contribution in [2.24, 2.45) is 0 Å². The van der Waals surface area contributed by atoms with Gasteiger partial charge >= 0.3 is 0 Å². The number of hydrogen-bond acceptors (Lipinski definition) is 3. The summed E-state index contributed by atoms with van der Waals surface area (Å²) in [6.07, 6.45) is 2.19. The van der Waals surface area contributed by atoms with E-state index in [2.05, 4.69) is 0 Å². The second kappa shape index (κ2) is 5.61. The highest BCUT2D eigenvalue weighted by molar-refractivity contribution is 5.96. The molecule has 1 aliphatic rings. The van der Waals surface area contributed by atoms with E-state index in [0.29, 0.717) is 30.8 Å². The smallest absolute Gasteiger partial charge is 0.257 e. The van der Waals surface area contributed by atoms with Crippen molar-refractivity contribution in [1.29, 1.82) is 0 Å². The fraction of sp³-hybridized carbons (Fsp3) is 0.533. The lowest BCUT2D eigenvalue weighted by Gasteiger charge is -2.23. The van der Waals surface area contributed by atoms with Crippen molar-refractivity contribution in [2.75, 3.05) is 20.2 Å². The van der Waals surface area contributed by atoms with E-state index in [0.717, 1.165) is 12.8 Å². The van der Waals surface area contributed by atoms with Gasteiger partial charge in [-0.25, -0.2) is 0 Å². The summed E-state index contributed by atoms with van der Waals surface area (Å²) in [4.78, 5) is 14.3. The lowest BCUT2D eigenvalue weighted by atomic mass is 9.98. The second-order valence-electron chi connectivity index (χ2n) is 5.34. The summed E-state index contributed by atoms with van der Waals surface area (Å²) in [6.45, 7) is 3.11. The normalized spacial score (nSPS) is 23.8. The maximum Gasteiger partial charge on any atom is 0.257 e.